The quantitative estimate of drug-likeness (QED) is 0.727. The molecular formula is C8H3BrClNO2. The van der Waals surface area contributed by atoms with Crippen molar-refractivity contribution < 1.29 is 9.59 Å². The number of hydrogen-bond acceptors (Lipinski definition) is 2. The van der Waals surface area contributed by atoms with E-state index in [2.05, 4.69) is 21.2 Å². The smallest absolute Gasteiger partial charge is 0.296 e. The molecule has 0 spiro atoms. The number of Topliss-reactive ketones (excluding diaryl/α,β-unsaturated/α-hetero) is 1. The van der Waals surface area contributed by atoms with Crippen LogP contribution in [-0.4, -0.2) is 11.7 Å². The van der Waals surface area contributed by atoms with Gasteiger partial charge in [0.15, 0.2) is 0 Å². The summed E-state index contributed by atoms with van der Waals surface area (Å²) in [5, 5.41) is 2.78. The van der Waals surface area contributed by atoms with E-state index in [1.165, 1.54) is 0 Å². The summed E-state index contributed by atoms with van der Waals surface area (Å²) in [6.07, 6.45) is 0. The van der Waals surface area contributed by atoms with Gasteiger partial charge in [0.2, 0.25) is 0 Å². The highest BCUT2D eigenvalue weighted by Gasteiger charge is 2.31. The van der Waals surface area contributed by atoms with Gasteiger partial charge in [0.05, 0.1) is 16.3 Å². The molecule has 0 fully saturated rings. The van der Waals surface area contributed by atoms with Gasteiger partial charge in [0.1, 0.15) is 0 Å². The molecule has 2 rings (SSSR count). The molecular weight excluding hydrogens is 257 g/mol. The lowest BCUT2D eigenvalue weighted by atomic mass is 10.1. The molecule has 0 saturated carbocycles. The molecule has 0 unspecified atom stereocenters. The average Bonchev–Trinajstić information content (AvgIpc) is 2.38. The maximum absolute atomic E-state index is 11.3. The molecule has 1 aromatic carbocycles. The number of benzene rings is 1. The first kappa shape index (κ1) is 8.72. The first-order valence-corrected chi connectivity index (χ1v) is 4.62. The predicted molar refractivity (Wildman–Crippen MR) is 52.1 cm³/mol. The third kappa shape index (κ3) is 1.17. The number of nitrogens with one attached hydrogen (secondary N) is 1. The van der Waals surface area contributed by atoms with Crippen molar-refractivity contribution >= 4 is 44.9 Å². The highest BCUT2D eigenvalue weighted by molar-refractivity contribution is 9.10. The van der Waals surface area contributed by atoms with Gasteiger partial charge in [-0.2, -0.15) is 0 Å². The molecule has 1 N–H and O–H groups in total. The van der Waals surface area contributed by atoms with Gasteiger partial charge in [-0.25, -0.2) is 0 Å². The van der Waals surface area contributed by atoms with Crippen molar-refractivity contribution in [2.75, 3.05) is 5.32 Å². The van der Waals surface area contributed by atoms with Crippen molar-refractivity contribution in [1.82, 2.24) is 0 Å². The summed E-state index contributed by atoms with van der Waals surface area (Å²) < 4.78 is 0.579. The molecule has 0 aliphatic carbocycles. The van der Waals surface area contributed by atoms with Gasteiger partial charge < -0.3 is 5.32 Å². The summed E-state index contributed by atoms with van der Waals surface area (Å²) in [5.74, 6) is -1.19. The zero-order valence-corrected chi connectivity index (χ0v) is 8.57. The molecule has 5 heteroatoms. The Hall–Kier alpha value is -0.870. The molecule has 0 atom stereocenters. The Kier molecular flexibility index (Phi) is 1.89. The Balaban J connectivity index is 2.75. The van der Waals surface area contributed by atoms with E-state index in [1.807, 2.05) is 0 Å². The maximum atomic E-state index is 11.3. The number of ketones is 1. The van der Waals surface area contributed by atoms with Crippen LogP contribution in [0.4, 0.5) is 5.69 Å². The molecule has 3 nitrogen and oxygen atoms in total. The Morgan fingerprint density at radius 3 is 2.62 bits per heavy atom. The van der Waals surface area contributed by atoms with Crippen LogP contribution in [0.5, 0.6) is 0 Å². The molecule has 0 bridgehead atoms. The molecule has 66 valence electrons. The van der Waals surface area contributed by atoms with Gasteiger partial charge >= 0.3 is 0 Å². The van der Waals surface area contributed by atoms with Gasteiger partial charge in [0.25, 0.3) is 11.7 Å². The number of hydrogen-bond donors (Lipinski definition) is 1. The van der Waals surface area contributed by atoms with Crippen LogP contribution in [0.3, 0.4) is 0 Å². The van der Waals surface area contributed by atoms with E-state index in [4.69, 9.17) is 11.6 Å². The van der Waals surface area contributed by atoms with E-state index in [9.17, 15) is 9.59 Å². The van der Waals surface area contributed by atoms with Crippen LogP contribution in [0.2, 0.25) is 5.02 Å². The maximum Gasteiger partial charge on any atom is 0.296 e. The minimum Gasteiger partial charge on any atom is -0.317 e. The molecule has 13 heavy (non-hydrogen) atoms. The molecule has 0 aromatic heterocycles. The third-order valence-corrected chi connectivity index (χ3v) is 2.75. The van der Waals surface area contributed by atoms with Crippen LogP contribution in [0.1, 0.15) is 10.4 Å². The van der Waals surface area contributed by atoms with Crippen molar-refractivity contribution in [3.8, 4) is 0 Å². The van der Waals surface area contributed by atoms with E-state index < -0.39 is 11.7 Å². The fourth-order valence-electron chi connectivity index (χ4n) is 1.18. The first-order chi connectivity index (χ1) is 6.11. The van der Waals surface area contributed by atoms with Gasteiger partial charge in [-0.05, 0) is 28.1 Å². The molecule has 1 heterocycles. The number of anilines is 1. The summed E-state index contributed by atoms with van der Waals surface area (Å²) >= 11 is 8.96. The van der Waals surface area contributed by atoms with Crippen LogP contribution >= 0.6 is 27.5 Å². The third-order valence-electron chi connectivity index (χ3n) is 1.78. The number of amides is 1. The fraction of sp³-hybridized carbons (Fsp3) is 0. The lowest BCUT2D eigenvalue weighted by Crippen LogP contribution is -2.12. The van der Waals surface area contributed by atoms with E-state index in [0.29, 0.717) is 20.7 Å². The molecule has 1 aliphatic rings. The summed E-state index contributed by atoms with van der Waals surface area (Å²) in [6, 6.07) is 3.25. The number of carbonyl (C=O) groups excluding carboxylic acids is 2. The molecule has 0 radical (unpaired) electrons. The van der Waals surface area contributed by atoms with Crippen molar-refractivity contribution in [3.05, 3.63) is 27.2 Å². The normalized spacial score (nSPS) is 14.3. The van der Waals surface area contributed by atoms with E-state index >= 15 is 0 Å². The lowest BCUT2D eigenvalue weighted by molar-refractivity contribution is -0.112. The zero-order chi connectivity index (χ0) is 9.59. The van der Waals surface area contributed by atoms with E-state index in [0.717, 1.165) is 0 Å². The number of fused-ring (bicyclic) bond motifs is 1. The molecule has 1 aliphatic heterocycles. The summed E-state index contributed by atoms with van der Waals surface area (Å²) in [4.78, 5) is 22.3. The molecule has 1 amide bonds. The minimum absolute atomic E-state index is 0.317. The summed E-state index contributed by atoms with van der Waals surface area (Å²) in [7, 11) is 0. The topological polar surface area (TPSA) is 46.2 Å². The Labute approximate surface area is 87.2 Å². The van der Waals surface area contributed by atoms with Crippen molar-refractivity contribution in [1.29, 1.82) is 0 Å². The SMILES string of the molecule is O=C1Nc2c(Cl)ccc(Br)c2C1=O. The van der Waals surface area contributed by atoms with Crippen LogP contribution in [0, 0.1) is 0 Å². The van der Waals surface area contributed by atoms with E-state index in [1.54, 1.807) is 12.1 Å². The van der Waals surface area contributed by atoms with Crippen molar-refractivity contribution in [3.63, 3.8) is 0 Å². The number of rotatable bonds is 0. The lowest BCUT2D eigenvalue weighted by Gasteiger charge is -2.00. The van der Waals surface area contributed by atoms with E-state index in [-0.39, 0.29) is 0 Å². The van der Waals surface area contributed by atoms with Crippen molar-refractivity contribution in [2.45, 2.75) is 0 Å². The Morgan fingerprint density at radius 2 is 2.00 bits per heavy atom. The number of carbonyl (C=O) groups is 2. The average molecular weight is 260 g/mol. The second kappa shape index (κ2) is 2.82. The Morgan fingerprint density at radius 1 is 1.31 bits per heavy atom. The Bertz CT molecular complexity index is 430. The fourth-order valence-corrected chi connectivity index (χ4v) is 1.90. The van der Waals surface area contributed by atoms with Crippen molar-refractivity contribution in [2.24, 2.45) is 0 Å². The highest BCUT2D eigenvalue weighted by Crippen LogP contribution is 2.35. The zero-order valence-electron chi connectivity index (χ0n) is 6.23. The standard InChI is InChI=1S/C8H3BrClNO2/c9-3-1-2-4(10)6-5(3)7(12)8(13)11-6/h1-2H,(H,11,12,13). The van der Waals surface area contributed by atoms with Crippen LogP contribution in [-0.2, 0) is 4.79 Å². The second-order valence-corrected chi connectivity index (χ2v) is 3.82. The predicted octanol–water partition coefficient (Wildman–Crippen LogP) is 2.24. The first-order valence-electron chi connectivity index (χ1n) is 3.45. The van der Waals surface area contributed by atoms with Gasteiger partial charge in [-0.15, -0.1) is 0 Å². The number of halogens is 2. The summed E-state index contributed by atoms with van der Waals surface area (Å²) in [5.41, 5.74) is 0.712. The molecule has 0 saturated heterocycles. The van der Waals surface area contributed by atoms with Gasteiger partial charge in [-0.3, -0.25) is 9.59 Å². The van der Waals surface area contributed by atoms with Gasteiger partial charge in [0, 0.05) is 4.47 Å². The highest BCUT2D eigenvalue weighted by atomic mass is 79.9. The van der Waals surface area contributed by atoms with Gasteiger partial charge in [-0.1, -0.05) is 11.6 Å². The van der Waals surface area contributed by atoms with Crippen LogP contribution in [0.15, 0.2) is 16.6 Å². The summed E-state index contributed by atoms with van der Waals surface area (Å²) in [6.45, 7) is 0. The molecule has 1 aromatic rings. The largest absolute Gasteiger partial charge is 0.317 e. The van der Waals surface area contributed by atoms with Crippen LogP contribution in [0.25, 0.3) is 0 Å². The van der Waals surface area contributed by atoms with Crippen LogP contribution < -0.4 is 5.32 Å². The minimum atomic E-state index is -0.635. The monoisotopic (exact) mass is 259 g/mol. The second-order valence-electron chi connectivity index (χ2n) is 2.56.